The van der Waals surface area contributed by atoms with Crippen LogP contribution in [0.3, 0.4) is 0 Å². The SMILES string of the molecule is CNCCCC(=O)Nc1cc(F)c(C)cc1Cl. The minimum absolute atomic E-state index is 0.162. The smallest absolute Gasteiger partial charge is 0.224 e. The molecule has 0 saturated heterocycles. The number of halogens is 2. The lowest BCUT2D eigenvalue weighted by Gasteiger charge is -2.08. The standard InChI is InChI=1S/C12H16ClFN2O/c1-8-6-9(13)11(7-10(8)14)16-12(17)4-3-5-15-2/h6-7,15H,3-5H2,1-2H3,(H,16,17). The predicted octanol–water partition coefficient (Wildman–Crippen LogP) is 2.73. The maximum Gasteiger partial charge on any atom is 0.224 e. The van der Waals surface area contributed by atoms with Crippen LogP contribution >= 0.6 is 11.6 Å². The van der Waals surface area contributed by atoms with E-state index in [0.717, 1.165) is 13.0 Å². The van der Waals surface area contributed by atoms with Gasteiger partial charge < -0.3 is 10.6 Å². The molecule has 0 heterocycles. The minimum atomic E-state index is -0.375. The van der Waals surface area contributed by atoms with Crippen LogP contribution in [0.25, 0.3) is 0 Å². The van der Waals surface area contributed by atoms with Gasteiger partial charge in [0.15, 0.2) is 0 Å². The van der Waals surface area contributed by atoms with E-state index in [0.29, 0.717) is 22.7 Å². The third kappa shape index (κ3) is 4.32. The van der Waals surface area contributed by atoms with Crippen LogP contribution in [0.4, 0.5) is 10.1 Å². The van der Waals surface area contributed by atoms with Crippen molar-refractivity contribution in [1.82, 2.24) is 5.32 Å². The molecule has 1 aromatic rings. The van der Waals surface area contributed by atoms with Crippen LogP contribution in [0.2, 0.25) is 5.02 Å². The molecule has 0 unspecified atom stereocenters. The monoisotopic (exact) mass is 258 g/mol. The average Bonchev–Trinajstić information content (AvgIpc) is 2.26. The van der Waals surface area contributed by atoms with Crippen LogP contribution < -0.4 is 10.6 Å². The van der Waals surface area contributed by atoms with Crippen LogP contribution in [0, 0.1) is 12.7 Å². The first-order valence-electron chi connectivity index (χ1n) is 5.44. The topological polar surface area (TPSA) is 41.1 Å². The molecule has 1 amide bonds. The fourth-order valence-electron chi connectivity index (χ4n) is 1.38. The van der Waals surface area contributed by atoms with E-state index in [1.807, 2.05) is 7.05 Å². The summed E-state index contributed by atoms with van der Waals surface area (Å²) < 4.78 is 13.3. The molecule has 0 saturated carbocycles. The zero-order valence-corrected chi connectivity index (χ0v) is 10.7. The lowest BCUT2D eigenvalue weighted by atomic mass is 10.2. The Balaban J connectivity index is 2.62. The fraction of sp³-hybridized carbons (Fsp3) is 0.417. The molecular formula is C12H16ClFN2O. The molecule has 0 aliphatic heterocycles. The van der Waals surface area contributed by atoms with Crippen LogP contribution in [0.15, 0.2) is 12.1 Å². The molecule has 0 bridgehead atoms. The van der Waals surface area contributed by atoms with Crippen LogP contribution in [-0.4, -0.2) is 19.5 Å². The van der Waals surface area contributed by atoms with Crippen molar-refractivity contribution in [2.24, 2.45) is 0 Å². The second kappa shape index (κ2) is 6.57. The zero-order valence-electron chi connectivity index (χ0n) is 9.94. The van der Waals surface area contributed by atoms with Gasteiger partial charge in [-0.15, -0.1) is 0 Å². The number of nitrogens with one attached hydrogen (secondary N) is 2. The van der Waals surface area contributed by atoms with Crippen molar-refractivity contribution in [3.63, 3.8) is 0 Å². The Hall–Kier alpha value is -1.13. The molecule has 94 valence electrons. The molecule has 1 aromatic carbocycles. The normalized spacial score (nSPS) is 10.4. The van der Waals surface area contributed by atoms with Gasteiger partial charge in [-0.3, -0.25) is 4.79 Å². The number of rotatable bonds is 5. The summed E-state index contributed by atoms with van der Waals surface area (Å²) in [5.41, 5.74) is 0.785. The number of hydrogen-bond acceptors (Lipinski definition) is 2. The molecule has 0 atom stereocenters. The molecule has 0 aliphatic carbocycles. The fourth-order valence-corrected chi connectivity index (χ4v) is 1.65. The van der Waals surface area contributed by atoms with Gasteiger partial charge >= 0.3 is 0 Å². The van der Waals surface area contributed by atoms with Crippen molar-refractivity contribution in [3.05, 3.63) is 28.5 Å². The zero-order chi connectivity index (χ0) is 12.8. The van der Waals surface area contributed by atoms with Crippen LogP contribution in [0.1, 0.15) is 18.4 Å². The molecule has 1 rings (SSSR count). The highest BCUT2D eigenvalue weighted by molar-refractivity contribution is 6.33. The van der Waals surface area contributed by atoms with Crippen molar-refractivity contribution in [3.8, 4) is 0 Å². The Bertz CT molecular complexity index is 410. The largest absolute Gasteiger partial charge is 0.325 e. The van der Waals surface area contributed by atoms with Crippen LogP contribution in [0.5, 0.6) is 0 Å². The molecule has 0 radical (unpaired) electrons. The second-order valence-corrected chi connectivity index (χ2v) is 4.24. The van der Waals surface area contributed by atoms with E-state index in [4.69, 9.17) is 11.6 Å². The highest BCUT2D eigenvalue weighted by atomic mass is 35.5. The van der Waals surface area contributed by atoms with E-state index in [1.165, 1.54) is 12.1 Å². The molecule has 0 spiro atoms. The summed E-state index contributed by atoms with van der Waals surface area (Å²) in [6, 6.07) is 2.74. The van der Waals surface area contributed by atoms with Gasteiger partial charge in [-0.1, -0.05) is 11.6 Å². The second-order valence-electron chi connectivity index (χ2n) is 3.84. The third-order valence-corrected chi connectivity index (χ3v) is 2.67. The number of hydrogen-bond donors (Lipinski definition) is 2. The Morgan fingerprint density at radius 2 is 2.18 bits per heavy atom. The first-order chi connectivity index (χ1) is 8.04. The molecule has 0 aromatic heterocycles. The molecule has 0 fully saturated rings. The van der Waals surface area contributed by atoms with E-state index in [1.54, 1.807) is 6.92 Å². The summed E-state index contributed by atoms with van der Waals surface area (Å²) in [5.74, 6) is -0.537. The van der Waals surface area contributed by atoms with Gasteiger partial charge in [0.05, 0.1) is 10.7 Å². The summed E-state index contributed by atoms with van der Waals surface area (Å²) in [6.45, 7) is 2.39. The van der Waals surface area contributed by atoms with Gasteiger partial charge in [0.1, 0.15) is 5.82 Å². The van der Waals surface area contributed by atoms with E-state index < -0.39 is 0 Å². The molecule has 3 nitrogen and oxygen atoms in total. The van der Waals surface area contributed by atoms with Gasteiger partial charge in [0.25, 0.3) is 0 Å². The van der Waals surface area contributed by atoms with Crippen LogP contribution in [-0.2, 0) is 4.79 Å². The van der Waals surface area contributed by atoms with Gasteiger partial charge in [-0.2, -0.15) is 0 Å². The molecule has 17 heavy (non-hydrogen) atoms. The number of anilines is 1. The maximum absolute atomic E-state index is 13.3. The first-order valence-corrected chi connectivity index (χ1v) is 5.82. The summed E-state index contributed by atoms with van der Waals surface area (Å²) in [5, 5.41) is 5.90. The van der Waals surface area contributed by atoms with Gasteiger partial charge in [-0.25, -0.2) is 4.39 Å². The summed E-state index contributed by atoms with van der Waals surface area (Å²) in [4.78, 5) is 11.5. The van der Waals surface area contributed by atoms with Gasteiger partial charge in [0.2, 0.25) is 5.91 Å². The summed E-state index contributed by atoms with van der Waals surface area (Å²) >= 11 is 5.91. The highest BCUT2D eigenvalue weighted by Gasteiger charge is 2.08. The Kier molecular flexibility index (Phi) is 5.38. The quantitative estimate of drug-likeness (QED) is 0.798. The van der Waals surface area contributed by atoms with E-state index in [-0.39, 0.29) is 11.7 Å². The highest BCUT2D eigenvalue weighted by Crippen LogP contribution is 2.25. The number of aryl methyl sites for hydroxylation is 1. The molecule has 0 aliphatic rings. The van der Waals surface area contributed by atoms with Gasteiger partial charge in [0, 0.05) is 6.42 Å². The van der Waals surface area contributed by atoms with Crippen molar-refractivity contribution in [1.29, 1.82) is 0 Å². The van der Waals surface area contributed by atoms with E-state index in [2.05, 4.69) is 10.6 Å². The Morgan fingerprint density at radius 1 is 1.47 bits per heavy atom. The molecule has 5 heteroatoms. The van der Waals surface area contributed by atoms with Crippen molar-refractivity contribution >= 4 is 23.2 Å². The number of amides is 1. The molecular weight excluding hydrogens is 243 g/mol. The van der Waals surface area contributed by atoms with Crippen molar-refractivity contribution in [2.75, 3.05) is 18.9 Å². The average molecular weight is 259 g/mol. The van der Waals surface area contributed by atoms with E-state index >= 15 is 0 Å². The number of carbonyl (C=O) groups is 1. The predicted molar refractivity (Wildman–Crippen MR) is 67.9 cm³/mol. The van der Waals surface area contributed by atoms with Gasteiger partial charge in [-0.05, 0) is 44.6 Å². The minimum Gasteiger partial charge on any atom is -0.325 e. The first kappa shape index (κ1) is 13.9. The number of benzene rings is 1. The maximum atomic E-state index is 13.3. The molecule has 2 N–H and O–H groups in total. The lowest BCUT2D eigenvalue weighted by molar-refractivity contribution is -0.116. The third-order valence-electron chi connectivity index (χ3n) is 2.35. The van der Waals surface area contributed by atoms with Crippen molar-refractivity contribution in [2.45, 2.75) is 19.8 Å². The number of carbonyl (C=O) groups excluding carboxylic acids is 1. The summed E-state index contributed by atoms with van der Waals surface area (Å²) in [6.07, 6.45) is 1.11. The Labute approximate surface area is 105 Å². The summed E-state index contributed by atoms with van der Waals surface area (Å²) in [7, 11) is 1.82. The van der Waals surface area contributed by atoms with Crippen molar-refractivity contribution < 1.29 is 9.18 Å². The lowest BCUT2D eigenvalue weighted by Crippen LogP contribution is -2.15. The van der Waals surface area contributed by atoms with E-state index in [9.17, 15) is 9.18 Å². The Morgan fingerprint density at radius 3 is 2.82 bits per heavy atom.